The maximum Gasteiger partial charge on any atom is 0.227 e. The van der Waals surface area contributed by atoms with Crippen molar-refractivity contribution in [2.24, 2.45) is 11.8 Å². The minimum atomic E-state index is -0.0723. The lowest BCUT2D eigenvalue weighted by Crippen LogP contribution is -2.48. The van der Waals surface area contributed by atoms with E-state index in [4.69, 9.17) is 0 Å². The summed E-state index contributed by atoms with van der Waals surface area (Å²) in [6, 6.07) is 7.97. The van der Waals surface area contributed by atoms with Crippen molar-refractivity contribution >= 4 is 22.8 Å². The Morgan fingerprint density at radius 1 is 1.21 bits per heavy atom. The fourth-order valence-corrected chi connectivity index (χ4v) is 4.79. The normalized spacial score (nSPS) is 20.9. The van der Waals surface area contributed by atoms with Gasteiger partial charge in [-0.1, -0.05) is 31.4 Å². The van der Waals surface area contributed by atoms with E-state index in [0.717, 1.165) is 23.4 Å². The summed E-state index contributed by atoms with van der Waals surface area (Å²) in [7, 11) is 1.87. The van der Waals surface area contributed by atoms with Crippen molar-refractivity contribution in [3.8, 4) is 0 Å². The average molecular weight is 397 g/mol. The summed E-state index contributed by atoms with van der Waals surface area (Å²) >= 11 is 0. The zero-order valence-corrected chi connectivity index (χ0v) is 17.4. The molecule has 1 unspecified atom stereocenters. The van der Waals surface area contributed by atoms with Gasteiger partial charge in [0.25, 0.3) is 0 Å². The largest absolute Gasteiger partial charge is 0.345 e. The molecule has 1 aliphatic heterocycles. The maximum atomic E-state index is 13.0. The molecule has 2 aromatic rings. The predicted molar refractivity (Wildman–Crippen MR) is 113 cm³/mol. The molecule has 4 rings (SSSR count). The fourth-order valence-electron chi connectivity index (χ4n) is 4.79. The lowest BCUT2D eigenvalue weighted by atomic mass is 9.87. The zero-order chi connectivity index (χ0) is 20.2. The number of para-hydroxylation sites is 2. The van der Waals surface area contributed by atoms with Crippen LogP contribution in [0.3, 0.4) is 0 Å². The van der Waals surface area contributed by atoms with Crippen LogP contribution >= 0.6 is 0 Å². The second-order valence-electron chi connectivity index (χ2n) is 8.75. The van der Waals surface area contributed by atoms with E-state index in [-0.39, 0.29) is 17.7 Å². The first kappa shape index (κ1) is 19.9. The number of rotatable bonds is 6. The number of amides is 2. The van der Waals surface area contributed by atoms with Crippen LogP contribution in [0.1, 0.15) is 50.8 Å². The van der Waals surface area contributed by atoms with Crippen LogP contribution in [0.5, 0.6) is 0 Å². The van der Waals surface area contributed by atoms with Gasteiger partial charge in [0.1, 0.15) is 5.82 Å². The van der Waals surface area contributed by atoms with Crippen molar-refractivity contribution in [1.82, 2.24) is 19.8 Å². The highest BCUT2D eigenvalue weighted by atomic mass is 16.2. The molecule has 1 saturated heterocycles. The number of aromatic nitrogens is 2. The van der Waals surface area contributed by atoms with Crippen molar-refractivity contribution in [2.45, 2.75) is 51.4 Å². The lowest BCUT2D eigenvalue weighted by Gasteiger charge is -2.36. The Morgan fingerprint density at radius 3 is 2.79 bits per heavy atom. The van der Waals surface area contributed by atoms with Crippen LogP contribution in [-0.4, -0.2) is 58.3 Å². The summed E-state index contributed by atoms with van der Waals surface area (Å²) in [6.07, 6.45) is 8.20. The first-order valence-corrected chi connectivity index (χ1v) is 11.1. The first-order valence-electron chi connectivity index (χ1n) is 11.1. The van der Waals surface area contributed by atoms with Crippen LogP contribution in [0.15, 0.2) is 24.3 Å². The van der Waals surface area contributed by atoms with Crippen molar-refractivity contribution in [2.75, 3.05) is 26.7 Å². The number of nitrogens with one attached hydrogen (secondary N) is 1. The minimum Gasteiger partial charge on any atom is -0.345 e. The Balaban J connectivity index is 1.30. The molecule has 29 heavy (non-hydrogen) atoms. The summed E-state index contributed by atoms with van der Waals surface area (Å²) in [5, 5.41) is 0. The van der Waals surface area contributed by atoms with E-state index in [9.17, 15) is 9.59 Å². The molecule has 2 fully saturated rings. The second-order valence-corrected chi connectivity index (χ2v) is 8.75. The molecule has 0 spiro atoms. The average Bonchev–Trinajstić information content (AvgIpc) is 3.17. The van der Waals surface area contributed by atoms with Gasteiger partial charge in [0.15, 0.2) is 0 Å². The number of hydrogen-bond donors (Lipinski definition) is 1. The Kier molecular flexibility index (Phi) is 6.16. The Morgan fingerprint density at radius 2 is 2.00 bits per heavy atom. The van der Waals surface area contributed by atoms with Gasteiger partial charge >= 0.3 is 0 Å². The number of fused-ring (bicyclic) bond motifs is 1. The SMILES string of the molecule is CN(CCc1nc2ccccc2[nH]1)C(=O)C1CCC(=O)N(CC2CCCCC2)C1. The number of H-pyrrole nitrogens is 1. The lowest BCUT2D eigenvalue weighted by molar-refractivity contribution is -0.142. The maximum absolute atomic E-state index is 13.0. The fraction of sp³-hybridized carbons (Fsp3) is 0.609. The van der Waals surface area contributed by atoms with Gasteiger partial charge in [0.05, 0.1) is 17.0 Å². The monoisotopic (exact) mass is 396 g/mol. The molecule has 1 atom stereocenters. The molecule has 0 bridgehead atoms. The molecule has 2 heterocycles. The van der Waals surface area contributed by atoms with Gasteiger partial charge in [-0.15, -0.1) is 0 Å². The van der Waals surface area contributed by atoms with Crippen molar-refractivity contribution < 1.29 is 9.59 Å². The summed E-state index contributed by atoms with van der Waals surface area (Å²) in [4.78, 5) is 37.1. The predicted octanol–water partition coefficient (Wildman–Crippen LogP) is 3.38. The van der Waals surface area contributed by atoms with E-state index >= 15 is 0 Å². The first-order chi connectivity index (χ1) is 14.1. The minimum absolute atomic E-state index is 0.0723. The van der Waals surface area contributed by atoms with Crippen molar-refractivity contribution in [1.29, 1.82) is 0 Å². The molecule has 1 aromatic carbocycles. The van der Waals surface area contributed by atoms with Gasteiger partial charge < -0.3 is 14.8 Å². The van der Waals surface area contributed by atoms with Gasteiger partial charge in [-0.2, -0.15) is 0 Å². The van der Waals surface area contributed by atoms with Gasteiger partial charge in [-0.05, 0) is 37.3 Å². The van der Waals surface area contributed by atoms with E-state index < -0.39 is 0 Å². The molecule has 6 heteroatoms. The number of imidazole rings is 1. The molecule has 0 radical (unpaired) electrons. The number of nitrogens with zero attached hydrogens (tertiary/aromatic N) is 3. The van der Waals surface area contributed by atoms with Crippen LogP contribution in [0.4, 0.5) is 0 Å². The number of likely N-dealkylation sites (N-methyl/N-ethyl adjacent to an activating group) is 1. The van der Waals surface area contributed by atoms with E-state index in [1.54, 1.807) is 0 Å². The van der Waals surface area contributed by atoms with Crippen molar-refractivity contribution in [3.63, 3.8) is 0 Å². The van der Waals surface area contributed by atoms with E-state index in [2.05, 4.69) is 9.97 Å². The number of likely N-dealkylation sites (tertiary alicyclic amines) is 1. The third-order valence-corrected chi connectivity index (χ3v) is 6.55. The summed E-state index contributed by atoms with van der Waals surface area (Å²) in [5.74, 6) is 1.83. The van der Waals surface area contributed by atoms with Crippen molar-refractivity contribution in [3.05, 3.63) is 30.1 Å². The highest BCUT2D eigenvalue weighted by Gasteiger charge is 2.33. The molecular weight excluding hydrogens is 364 g/mol. The molecule has 156 valence electrons. The summed E-state index contributed by atoms with van der Waals surface area (Å²) < 4.78 is 0. The van der Waals surface area contributed by atoms with Crippen LogP contribution in [0.2, 0.25) is 0 Å². The molecule has 1 aromatic heterocycles. The smallest absolute Gasteiger partial charge is 0.227 e. The highest BCUT2D eigenvalue weighted by molar-refractivity contribution is 5.83. The number of hydrogen-bond acceptors (Lipinski definition) is 3. The van der Waals surface area contributed by atoms with Crippen LogP contribution in [0, 0.1) is 11.8 Å². The third kappa shape index (κ3) is 4.80. The Hall–Kier alpha value is -2.37. The number of benzene rings is 1. The molecule has 1 N–H and O–H groups in total. The van der Waals surface area contributed by atoms with Crippen LogP contribution in [-0.2, 0) is 16.0 Å². The summed E-state index contributed by atoms with van der Waals surface area (Å²) in [5.41, 5.74) is 1.99. The zero-order valence-electron chi connectivity index (χ0n) is 17.4. The second kappa shape index (κ2) is 8.97. The quantitative estimate of drug-likeness (QED) is 0.814. The molecule has 2 amide bonds. The molecule has 6 nitrogen and oxygen atoms in total. The Bertz CT molecular complexity index is 822. The molecular formula is C23H32N4O2. The number of carbonyl (C=O) groups excluding carboxylic acids is 2. The molecule has 2 aliphatic rings. The van der Waals surface area contributed by atoms with Gasteiger partial charge in [-0.25, -0.2) is 4.98 Å². The van der Waals surface area contributed by atoms with Gasteiger partial charge in [0.2, 0.25) is 11.8 Å². The van der Waals surface area contributed by atoms with E-state index in [1.807, 2.05) is 41.1 Å². The molecule has 1 aliphatic carbocycles. The van der Waals surface area contributed by atoms with Crippen LogP contribution in [0.25, 0.3) is 11.0 Å². The topological polar surface area (TPSA) is 69.3 Å². The van der Waals surface area contributed by atoms with Gasteiger partial charge in [-0.3, -0.25) is 9.59 Å². The standard InChI is InChI=1S/C23H32N4O2/c1-26(14-13-21-24-19-9-5-6-10-20(19)25-21)23(29)18-11-12-22(28)27(16-18)15-17-7-3-2-4-8-17/h5-6,9-10,17-18H,2-4,7-8,11-16H2,1H3,(H,24,25). The number of piperidine rings is 1. The summed E-state index contributed by atoms with van der Waals surface area (Å²) in [6.45, 7) is 2.06. The number of aromatic amines is 1. The van der Waals surface area contributed by atoms with E-state index in [1.165, 1.54) is 32.1 Å². The highest BCUT2D eigenvalue weighted by Crippen LogP contribution is 2.27. The van der Waals surface area contributed by atoms with Crippen LogP contribution < -0.4 is 0 Å². The van der Waals surface area contributed by atoms with E-state index in [0.29, 0.717) is 38.3 Å². The van der Waals surface area contributed by atoms with Gasteiger partial charge in [0, 0.05) is 39.5 Å². The number of carbonyl (C=O) groups is 2. The Labute approximate surface area is 172 Å². The molecule has 1 saturated carbocycles. The third-order valence-electron chi connectivity index (χ3n) is 6.55.